The van der Waals surface area contributed by atoms with Crippen molar-refractivity contribution in [2.24, 2.45) is 0 Å². The molecule has 3 aromatic heterocycles. The maximum atomic E-state index is 14.2. The van der Waals surface area contributed by atoms with Crippen molar-refractivity contribution in [2.45, 2.75) is 6.54 Å². The van der Waals surface area contributed by atoms with Crippen molar-refractivity contribution in [2.75, 3.05) is 11.1 Å². The zero-order chi connectivity index (χ0) is 24.4. The molecule has 1 aromatic carbocycles. The summed E-state index contributed by atoms with van der Waals surface area (Å²) in [6, 6.07) is 9.82. The van der Waals surface area contributed by atoms with Gasteiger partial charge in [0.15, 0.2) is 11.6 Å². The van der Waals surface area contributed by atoms with E-state index in [-0.39, 0.29) is 29.4 Å². The summed E-state index contributed by atoms with van der Waals surface area (Å²) in [6.07, 6.45) is 5.54. The molecule has 4 aromatic rings. The lowest BCUT2D eigenvalue weighted by atomic mass is 10.2. The van der Waals surface area contributed by atoms with Gasteiger partial charge in [-0.15, -0.1) is 0 Å². The van der Waals surface area contributed by atoms with Crippen LogP contribution in [0.15, 0.2) is 88.4 Å². The Kier molecular flexibility index (Phi) is 5.83. The molecule has 0 aliphatic heterocycles. The highest BCUT2D eigenvalue weighted by atomic mass is 35.5. The number of aromatic nitrogens is 5. The van der Waals surface area contributed by atoms with Gasteiger partial charge < -0.3 is 15.6 Å². The molecule has 172 valence electrons. The molecule has 11 heteroatoms. The minimum absolute atomic E-state index is 0.0416. The second-order valence-corrected chi connectivity index (χ2v) is 7.78. The highest BCUT2D eigenvalue weighted by molar-refractivity contribution is 6.31. The standard InChI is InChI=1S/C24H15ClFN7O2/c25-16-6-3-5-14(10-16)24(34)29-20-12-28-23(30-22(20)27)19-11-21(18-8-9-35-32-18)33(31-19)13-15-4-1-2-7-17(15)26/h2-3,5-12H,13H2,(H,29,34)(H2,27,28,30). The number of nitrogens with zero attached hydrogens (tertiary/aromatic N) is 5. The molecule has 35 heavy (non-hydrogen) atoms. The number of rotatable bonds is 6. The number of carbonyl (C=O) groups excluding carboxylic acids is 1. The van der Waals surface area contributed by atoms with Crippen molar-refractivity contribution in [1.82, 2.24) is 24.9 Å². The summed E-state index contributed by atoms with van der Waals surface area (Å²) < 4.78 is 20.7. The Hall–Kier alpha value is -4.75. The molecule has 3 heterocycles. The van der Waals surface area contributed by atoms with Crippen LogP contribution in [0.3, 0.4) is 0 Å². The first kappa shape index (κ1) is 22.1. The van der Waals surface area contributed by atoms with Crippen molar-refractivity contribution in [3.05, 3.63) is 94.5 Å². The summed E-state index contributed by atoms with van der Waals surface area (Å²) in [5.41, 5.74) is 13.8. The summed E-state index contributed by atoms with van der Waals surface area (Å²) >= 11 is 5.95. The molecule has 5 rings (SSSR count). The number of anilines is 2. The van der Waals surface area contributed by atoms with Crippen LogP contribution in [0.2, 0.25) is 5.02 Å². The number of allylic oxidation sites excluding steroid dienone is 4. The number of nitrogens with one attached hydrogen (secondary N) is 1. The maximum Gasteiger partial charge on any atom is 0.255 e. The van der Waals surface area contributed by atoms with Gasteiger partial charge in [0.25, 0.3) is 5.91 Å². The highest BCUT2D eigenvalue weighted by Crippen LogP contribution is 2.27. The van der Waals surface area contributed by atoms with Crippen LogP contribution >= 0.6 is 11.6 Å². The minimum atomic E-state index is -0.438. The lowest BCUT2D eigenvalue weighted by Gasteiger charge is -2.08. The Labute approximate surface area is 202 Å². The first-order valence-electron chi connectivity index (χ1n) is 10.2. The number of halogens is 2. The molecule has 0 bridgehead atoms. The molecule has 3 N–H and O–H groups in total. The SMILES string of the molecule is Nc1nc(-c2cc(-c3ccon3)n(CC3=C=C=CC=C3F)n2)ncc1NC(=O)c1cccc(Cl)c1. The van der Waals surface area contributed by atoms with Crippen LogP contribution < -0.4 is 11.1 Å². The summed E-state index contributed by atoms with van der Waals surface area (Å²) in [5.74, 6) is -0.603. The minimum Gasteiger partial charge on any atom is -0.382 e. The van der Waals surface area contributed by atoms with Crippen LogP contribution in [-0.4, -0.2) is 30.8 Å². The van der Waals surface area contributed by atoms with E-state index >= 15 is 0 Å². The quantitative estimate of drug-likeness (QED) is 0.381. The molecule has 9 nitrogen and oxygen atoms in total. The van der Waals surface area contributed by atoms with Crippen molar-refractivity contribution in [3.8, 4) is 22.9 Å². The van der Waals surface area contributed by atoms with E-state index in [1.807, 2.05) is 0 Å². The zero-order valence-electron chi connectivity index (χ0n) is 17.9. The normalized spacial score (nSPS) is 12.4. The van der Waals surface area contributed by atoms with Crippen molar-refractivity contribution in [1.29, 1.82) is 0 Å². The van der Waals surface area contributed by atoms with E-state index in [0.29, 0.717) is 27.7 Å². The number of amides is 1. The highest BCUT2D eigenvalue weighted by Gasteiger charge is 2.19. The Bertz CT molecular complexity index is 1580. The predicted molar refractivity (Wildman–Crippen MR) is 127 cm³/mol. The molecule has 0 atom stereocenters. The maximum absolute atomic E-state index is 14.2. The summed E-state index contributed by atoms with van der Waals surface area (Å²) in [6.45, 7) is 0.0641. The Morgan fingerprint density at radius 3 is 2.89 bits per heavy atom. The largest absolute Gasteiger partial charge is 0.382 e. The van der Waals surface area contributed by atoms with Gasteiger partial charge in [-0.1, -0.05) is 34.3 Å². The molecule has 0 fully saturated rings. The van der Waals surface area contributed by atoms with Gasteiger partial charge in [-0.2, -0.15) is 5.10 Å². The van der Waals surface area contributed by atoms with Gasteiger partial charge in [-0.25, -0.2) is 14.4 Å². The second-order valence-electron chi connectivity index (χ2n) is 7.34. The fourth-order valence-electron chi connectivity index (χ4n) is 3.31. The lowest BCUT2D eigenvalue weighted by Crippen LogP contribution is -2.14. The number of nitrogens with two attached hydrogens (primary N) is 1. The molecule has 0 spiro atoms. The third-order valence-corrected chi connectivity index (χ3v) is 5.23. The lowest BCUT2D eigenvalue weighted by molar-refractivity contribution is 0.102. The fraction of sp³-hybridized carbons (Fsp3) is 0.0417. The number of hydrogen-bond acceptors (Lipinski definition) is 7. The van der Waals surface area contributed by atoms with E-state index in [1.54, 1.807) is 30.3 Å². The average Bonchev–Trinajstić information content (AvgIpc) is 3.52. The van der Waals surface area contributed by atoms with Gasteiger partial charge in [0.1, 0.15) is 29.2 Å². The van der Waals surface area contributed by atoms with Gasteiger partial charge in [-0.05, 0) is 36.4 Å². The summed E-state index contributed by atoms with van der Waals surface area (Å²) in [7, 11) is 0. The molecule has 0 saturated heterocycles. The van der Waals surface area contributed by atoms with E-state index in [1.165, 1.54) is 35.4 Å². The van der Waals surface area contributed by atoms with Gasteiger partial charge >= 0.3 is 0 Å². The first-order valence-corrected chi connectivity index (χ1v) is 10.6. The molecular formula is C24H15ClFN7O2. The monoisotopic (exact) mass is 487 g/mol. The van der Waals surface area contributed by atoms with Crippen LogP contribution in [0.1, 0.15) is 10.4 Å². The van der Waals surface area contributed by atoms with Crippen molar-refractivity contribution < 1.29 is 13.7 Å². The van der Waals surface area contributed by atoms with Crippen LogP contribution in [-0.2, 0) is 6.54 Å². The van der Waals surface area contributed by atoms with Crippen molar-refractivity contribution >= 4 is 29.0 Å². The number of carbonyl (C=O) groups is 1. The number of hydrogen-bond donors (Lipinski definition) is 2. The Balaban J connectivity index is 1.45. The van der Waals surface area contributed by atoms with Gasteiger partial charge in [0.2, 0.25) is 0 Å². The fourth-order valence-corrected chi connectivity index (χ4v) is 3.50. The van der Waals surface area contributed by atoms with Crippen LogP contribution in [0, 0.1) is 0 Å². The van der Waals surface area contributed by atoms with E-state index in [0.717, 1.165) is 0 Å². The van der Waals surface area contributed by atoms with E-state index in [9.17, 15) is 9.18 Å². The third-order valence-electron chi connectivity index (χ3n) is 4.99. The third kappa shape index (κ3) is 4.66. The smallest absolute Gasteiger partial charge is 0.255 e. The molecule has 0 saturated carbocycles. The molecule has 1 aliphatic carbocycles. The van der Waals surface area contributed by atoms with Crippen LogP contribution in [0.5, 0.6) is 0 Å². The summed E-state index contributed by atoms with van der Waals surface area (Å²) in [4.78, 5) is 21.1. The van der Waals surface area contributed by atoms with Gasteiger partial charge in [0.05, 0.1) is 24.0 Å². The van der Waals surface area contributed by atoms with Crippen LogP contribution in [0.25, 0.3) is 22.9 Å². The zero-order valence-corrected chi connectivity index (χ0v) is 18.6. The van der Waals surface area contributed by atoms with E-state index in [2.05, 4.69) is 37.0 Å². The average molecular weight is 488 g/mol. The molecule has 0 radical (unpaired) electrons. The van der Waals surface area contributed by atoms with Crippen molar-refractivity contribution in [3.63, 3.8) is 0 Å². The van der Waals surface area contributed by atoms with E-state index < -0.39 is 11.7 Å². The topological polar surface area (TPSA) is 125 Å². The molecule has 0 unspecified atom stereocenters. The molecule has 1 amide bonds. The second kappa shape index (κ2) is 9.24. The molecular weight excluding hydrogens is 473 g/mol. The molecule has 1 aliphatic rings. The van der Waals surface area contributed by atoms with E-state index in [4.69, 9.17) is 21.9 Å². The Morgan fingerprint density at radius 1 is 1.26 bits per heavy atom. The van der Waals surface area contributed by atoms with Gasteiger partial charge in [0, 0.05) is 16.7 Å². The number of nitrogen functional groups attached to an aromatic ring is 1. The van der Waals surface area contributed by atoms with Crippen LogP contribution in [0.4, 0.5) is 15.9 Å². The van der Waals surface area contributed by atoms with Gasteiger partial charge in [-0.3, -0.25) is 9.48 Å². The Morgan fingerprint density at radius 2 is 2.14 bits per heavy atom. The number of benzene rings is 1. The summed E-state index contributed by atoms with van der Waals surface area (Å²) in [5, 5.41) is 11.6. The predicted octanol–water partition coefficient (Wildman–Crippen LogP) is 4.59. The first-order chi connectivity index (χ1) is 17.0.